The lowest BCUT2D eigenvalue weighted by Gasteiger charge is -2.23. The third kappa shape index (κ3) is 2.25. The van der Waals surface area contributed by atoms with Gasteiger partial charge in [-0.25, -0.2) is 0 Å². The number of furan rings is 1. The highest BCUT2D eigenvalue weighted by Crippen LogP contribution is 2.33. The number of fused-ring (bicyclic) bond motifs is 1. The maximum absolute atomic E-state index is 5.50. The molecule has 1 unspecified atom stereocenters. The van der Waals surface area contributed by atoms with Gasteiger partial charge < -0.3 is 9.73 Å². The van der Waals surface area contributed by atoms with Gasteiger partial charge in [0.05, 0.1) is 12.3 Å². The van der Waals surface area contributed by atoms with Crippen molar-refractivity contribution >= 4 is 21.6 Å². The van der Waals surface area contributed by atoms with Gasteiger partial charge in [0.15, 0.2) is 0 Å². The fourth-order valence-electron chi connectivity index (χ4n) is 2.42. The fourth-order valence-corrected chi connectivity index (χ4v) is 2.82. The van der Waals surface area contributed by atoms with E-state index in [4.69, 9.17) is 4.42 Å². The molecule has 17 heavy (non-hydrogen) atoms. The maximum atomic E-state index is 5.50. The van der Waals surface area contributed by atoms with E-state index in [9.17, 15) is 0 Å². The zero-order chi connectivity index (χ0) is 11.7. The Labute approximate surface area is 109 Å². The second kappa shape index (κ2) is 4.57. The molecule has 2 nitrogen and oxygen atoms in total. The smallest absolute Gasteiger partial charge is 0.109 e. The Morgan fingerprint density at radius 2 is 2.24 bits per heavy atom. The number of anilines is 1. The number of halogens is 1. The maximum Gasteiger partial charge on any atom is 0.109 e. The minimum Gasteiger partial charge on any atom is -0.469 e. The summed E-state index contributed by atoms with van der Waals surface area (Å²) in [6, 6.07) is 10.8. The molecule has 1 aliphatic carbocycles. The Morgan fingerprint density at radius 1 is 1.29 bits per heavy atom. The molecule has 0 amide bonds. The van der Waals surface area contributed by atoms with Crippen molar-refractivity contribution in [1.29, 1.82) is 0 Å². The van der Waals surface area contributed by atoms with E-state index >= 15 is 0 Å². The molecular formula is C14H14BrNO. The summed E-state index contributed by atoms with van der Waals surface area (Å²) in [6.07, 6.45) is 5.22. The van der Waals surface area contributed by atoms with E-state index in [1.807, 2.05) is 12.1 Å². The van der Waals surface area contributed by atoms with Gasteiger partial charge in [0, 0.05) is 22.1 Å². The molecule has 3 heteroatoms. The molecular weight excluding hydrogens is 278 g/mol. The van der Waals surface area contributed by atoms with Crippen LogP contribution in [0.15, 0.2) is 45.5 Å². The summed E-state index contributed by atoms with van der Waals surface area (Å²) in [7, 11) is 0. The zero-order valence-corrected chi connectivity index (χ0v) is 11.0. The van der Waals surface area contributed by atoms with Crippen molar-refractivity contribution in [3.05, 3.63) is 52.4 Å². The van der Waals surface area contributed by atoms with Crippen LogP contribution >= 0.6 is 15.9 Å². The number of benzene rings is 1. The van der Waals surface area contributed by atoms with E-state index in [0.29, 0.717) is 6.04 Å². The van der Waals surface area contributed by atoms with Gasteiger partial charge in [-0.3, -0.25) is 0 Å². The summed E-state index contributed by atoms with van der Waals surface area (Å²) in [5.41, 5.74) is 2.47. The highest BCUT2D eigenvalue weighted by molar-refractivity contribution is 9.10. The molecule has 0 saturated carbocycles. The van der Waals surface area contributed by atoms with E-state index < -0.39 is 0 Å². The molecule has 1 aromatic carbocycles. The second-order valence-electron chi connectivity index (χ2n) is 4.40. The summed E-state index contributed by atoms with van der Waals surface area (Å²) in [6.45, 7) is 0. The number of hydrogen-bond acceptors (Lipinski definition) is 2. The van der Waals surface area contributed by atoms with Crippen LogP contribution in [0.2, 0.25) is 0 Å². The zero-order valence-electron chi connectivity index (χ0n) is 9.45. The van der Waals surface area contributed by atoms with E-state index in [1.54, 1.807) is 6.26 Å². The summed E-state index contributed by atoms with van der Waals surface area (Å²) in [4.78, 5) is 0. The van der Waals surface area contributed by atoms with Crippen LogP contribution in [0.25, 0.3) is 0 Å². The summed E-state index contributed by atoms with van der Waals surface area (Å²) >= 11 is 3.49. The van der Waals surface area contributed by atoms with Crippen molar-refractivity contribution in [1.82, 2.24) is 0 Å². The molecule has 0 spiro atoms. The first-order valence-corrected chi connectivity index (χ1v) is 6.70. The van der Waals surface area contributed by atoms with Crippen LogP contribution in [0.4, 0.5) is 5.69 Å². The molecule has 0 saturated heterocycles. The van der Waals surface area contributed by atoms with E-state index in [1.165, 1.54) is 18.4 Å². The normalized spacial score (nSPS) is 18.8. The van der Waals surface area contributed by atoms with Crippen LogP contribution in [0.5, 0.6) is 0 Å². The van der Waals surface area contributed by atoms with Gasteiger partial charge in [0.2, 0.25) is 0 Å². The molecule has 88 valence electrons. The first-order valence-electron chi connectivity index (χ1n) is 5.91. The number of nitrogens with one attached hydrogen (secondary N) is 1. The van der Waals surface area contributed by atoms with Crippen molar-refractivity contribution in [2.75, 3.05) is 5.32 Å². The van der Waals surface area contributed by atoms with Crippen molar-refractivity contribution in [3.8, 4) is 0 Å². The minimum atomic E-state index is 0.381. The minimum absolute atomic E-state index is 0.381. The highest BCUT2D eigenvalue weighted by atomic mass is 79.9. The SMILES string of the molecule is Brc1cccc(NC2CCCc3occc32)c1. The molecule has 1 heterocycles. The van der Waals surface area contributed by atoms with Crippen LogP contribution < -0.4 is 5.32 Å². The molecule has 1 atom stereocenters. The number of aryl methyl sites for hydroxylation is 1. The monoisotopic (exact) mass is 291 g/mol. The predicted octanol–water partition coefficient (Wildman–Crippen LogP) is 4.53. The fraction of sp³-hybridized carbons (Fsp3) is 0.286. The lowest BCUT2D eigenvalue weighted by Crippen LogP contribution is -2.15. The van der Waals surface area contributed by atoms with Gasteiger partial charge in [0.25, 0.3) is 0 Å². The van der Waals surface area contributed by atoms with Gasteiger partial charge in [-0.1, -0.05) is 22.0 Å². The summed E-state index contributed by atoms with van der Waals surface area (Å²) in [5.74, 6) is 1.14. The third-order valence-electron chi connectivity index (χ3n) is 3.22. The first kappa shape index (κ1) is 10.9. The molecule has 3 rings (SSSR count). The van der Waals surface area contributed by atoms with E-state index in [-0.39, 0.29) is 0 Å². The molecule has 0 fully saturated rings. The van der Waals surface area contributed by atoms with Gasteiger partial charge in [-0.05, 0) is 37.1 Å². The number of rotatable bonds is 2. The van der Waals surface area contributed by atoms with Crippen LogP contribution in [-0.4, -0.2) is 0 Å². The van der Waals surface area contributed by atoms with E-state index in [0.717, 1.165) is 22.3 Å². The molecule has 1 aromatic heterocycles. The molecule has 1 N–H and O–H groups in total. The van der Waals surface area contributed by atoms with Gasteiger partial charge >= 0.3 is 0 Å². The lowest BCUT2D eigenvalue weighted by molar-refractivity contribution is 0.461. The number of hydrogen-bond donors (Lipinski definition) is 1. The van der Waals surface area contributed by atoms with Gasteiger partial charge in [-0.2, -0.15) is 0 Å². The van der Waals surface area contributed by atoms with Crippen LogP contribution in [-0.2, 0) is 6.42 Å². The Hall–Kier alpha value is -1.22. The quantitative estimate of drug-likeness (QED) is 0.879. The third-order valence-corrected chi connectivity index (χ3v) is 3.71. The lowest BCUT2D eigenvalue weighted by atomic mass is 9.93. The molecule has 0 radical (unpaired) electrons. The van der Waals surface area contributed by atoms with Crippen molar-refractivity contribution in [2.24, 2.45) is 0 Å². The molecule has 0 bridgehead atoms. The Morgan fingerprint density at radius 3 is 3.12 bits per heavy atom. The van der Waals surface area contributed by atoms with Crippen molar-refractivity contribution in [3.63, 3.8) is 0 Å². The summed E-state index contributed by atoms with van der Waals surface area (Å²) < 4.78 is 6.60. The largest absolute Gasteiger partial charge is 0.469 e. The van der Waals surface area contributed by atoms with Crippen molar-refractivity contribution in [2.45, 2.75) is 25.3 Å². The standard InChI is InChI=1S/C14H14BrNO/c15-10-3-1-4-11(9-10)16-13-5-2-6-14-12(13)7-8-17-14/h1,3-4,7-9,13,16H,2,5-6H2. The van der Waals surface area contributed by atoms with Gasteiger partial charge in [0.1, 0.15) is 5.76 Å². The average Bonchev–Trinajstić information content (AvgIpc) is 2.78. The van der Waals surface area contributed by atoms with Crippen LogP contribution in [0, 0.1) is 0 Å². The Kier molecular flexibility index (Phi) is 2.93. The van der Waals surface area contributed by atoms with Crippen LogP contribution in [0.3, 0.4) is 0 Å². The molecule has 2 aromatic rings. The Bertz CT molecular complexity index is 520. The highest BCUT2D eigenvalue weighted by Gasteiger charge is 2.22. The van der Waals surface area contributed by atoms with E-state index in [2.05, 4.69) is 39.4 Å². The van der Waals surface area contributed by atoms with Crippen molar-refractivity contribution < 1.29 is 4.42 Å². The topological polar surface area (TPSA) is 25.2 Å². The first-order chi connectivity index (χ1) is 8.33. The van der Waals surface area contributed by atoms with Gasteiger partial charge in [-0.15, -0.1) is 0 Å². The molecule has 1 aliphatic rings. The van der Waals surface area contributed by atoms with Crippen LogP contribution in [0.1, 0.15) is 30.2 Å². The average molecular weight is 292 g/mol. The predicted molar refractivity (Wildman–Crippen MR) is 72.2 cm³/mol. The Balaban J connectivity index is 1.84. The second-order valence-corrected chi connectivity index (χ2v) is 5.31. The molecule has 0 aliphatic heterocycles. The summed E-state index contributed by atoms with van der Waals surface area (Å²) in [5, 5.41) is 3.57.